The molecule has 1 heterocycles. The first-order chi connectivity index (χ1) is 17.0. The topological polar surface area (TPSA) is 79.9 Å². The van der Waals surface area contributed by atoms with Crippen molar-refractivity contribution in [3.8, 4) is 11.5 Å². The Hall–Kier alpha value is -4.00. The number of carbonyl (C=O) groups is 2. The minimum atomic E-state index is -0.552. The number of carbonyl (C=O) groups excluding carboxylic acids is 2. The van der Waals surface area contributed by atoms with Gasteiger partial charge in [0.25, 0.3) is 5.91 Å². The molecule has 182 valence electrons. The lowest BCUT2D eigenvalue weighted by Gasteiger charge is -2.32. The standard InChI is InChI=1S/C28H31N3O4/c1-4-24(19-10-7-6-8-11-19)31-18-20-16-22(14-15-26(20)35-25(5-2)27(31)32)30-28(33)29-21-12-9-13-23(17-21)34-3/h6-17,24-25H,4-5,18H2,1-3H3,(H2,29,30,33)/t24-,25-/m1/s1. The first-order valence-electron chi connectivity index (χ1n) is 11.9. The van der Waals surface area contributed by atoms with E-state index in [2.05, 4.69) is 29.7 Å². The van der Waals surface area contributed by atoms with Crippen LogP contribution in [0.15, 0.2) is 72.8 Å². The van der Waals surface area contributed by atoms with Gasteiger partial charge >= 0.3 is 6.03 Å². The third-order valence-corrected chi connectivity index (χ3v) is 6.13. The van der Waals surface area contributed by atoms with Crippen LogP contribution >= 0.6 is 0 Å². The van der Waals surface area contributed by atoms with E-state index in [1.165, 1.54) is 0 Å². The van der Waals surface area contributed by atoms with Crippen molar-refractivity contribution in [1.82, 2.24) is 4.90 Å². The molecular weight excluding hydrogens is 442 g/mol. The zero-order valence-electron chi connectivity index (χ0n) is 20.3. The number of urea groups is 1. The number of methoxy groups -OCH3 is 1. The molecule has 0 aromatic heterocycles. The first-order valence-corrected chi connectivity index (χ1v) is 11.9. The van der Waals surface area contributed by atoms with Gasteiger partial charge in [0.05, 0.1) is 19.7 Å². The van der Waals surface area contributed by atoms with Crippen molar-refractivity contribution in [3.05, 3.63) is 83.9 Å². The molecule has 7 nitrogen and oxygen atoms in total. The number of anilines is 2. The summed E-state index contributed by atoms with van der Waals surface area (Å²) >= 11 is 0. The number of hydrogen-bond acceptors (Lipinski definition) is 4. The van der Waals surface area contributed by atoms with Gasteiger partial charge in [0.15, 0.2) is 6.10 Å². The van der Waals surface area contributed by atoms with Gasteiger partial charge in [0, 0.05) is 23.0 Å². The highest BCUT2D eigenvalue weighted by atomic mass is 16.5. The van der Waals surface area contributed by atoms with E-state index in [0.29, 0.717) is 35.8 Å². The predicted octanol–water partition coefficient (Wildman–Crippen LogP) is 5.99. The Kier molecular flexibility index (Phi) is 7.55. The Morgan fingerprint density at radius 2 is 1.77 bits per heavy atom. The lowest BCUT2D eigenvalue weighted by Crippen LogP contribution is -2.41. The number of nitrogens with one attached hydrogen (secondary N) is 2. The summed E-state index contributed by atoms with van der Waals surface area (Å²) in [5.74, 6) is 1.29. The predicted molar refractivity (Wildman–Crippen MR) is 137 cm³/mol. The zero-order valence-corrected chi connectivity index (χ0v) is 20.3. The summed E-state index contributed by atoms with van der Waals surface area (Å²) in [4.78, 5) is 28.0. The average molecular weight is 474 g/mol. The molecule has 35 heavy (non-hydrogen) atoms. The zero-order chi connectivity index (χ0) is 24.8. The van der Waals surface area contributed by atoms with E-state index in [4.69, 9.17) is 9.47 Å². The maximum atomic E-state index is 13.4. The van der Waals surface area contributed by atoms with Gasteiger partial charge in [-0.1, -0.05) is 50.2 Å². The lowest BCUT2D eigenvalue weighted by molar-refractivity contribution is -0.141. The molecule has 0 unspecified atom stereocenters. The summed E-state index contributed by atoms with van der Waals surface area (Å²) in [6.07, 6.45) is 0.801. The summed E-state index contributed by atoms with van der Waals surface area (Å²) in [5.41, 5.74) is 3.18. The molecule has 0 saturated carbocycles. The molecule has 7 heteroatoms. The molecule has 3 amide bonds. The van der Waals surface area contributed by atoms with Gasteiger partial charge in [-0.25, -0.2) is 4.79 Å². The minimum Gasteiger partial charge on any atom is -0.497 e. The largest absolute Gasteiger partial charge is 0.497 e. The molecule has 0 bridgehead atoms. The van der Waals surface area contributed by atoms with Crippen molar-refractivity contribution in [1.29, 1.82) is 0 Å². The van der Waals surface area contributed by atoms with Crippen molar-refractivity contribution >= 4 is 23.3 Å². The highest BCUT2D eigenvalue weighted by Crippen LogP contribution is 2.35. The summed E-state index contributed by atoms with van der Waals surface area (Å²) in [7, 11) is 1.58. The molecule has 0 aliphatic carbocycles. The molecule has 0 saturated heterocycles. The smallest absolute Gasteiger partial charge is 0.323 e. The Bertz CT molecular complexity index is 1180. The van der Waals surface area contributed by atoms with Gasteiger partial charge < -0.3 is 25.0 Å². The molecule has 3 aromatic rings. The van der Waals surface area contributed by atoms with Gasteiger partial charge in [-0.3, -0.25) is 4.79 Å². The van der Waals surface area contributed by atoms with Crippen LogP contribution < -0.4 is 20.1 Å². The Balaban J connectivity index is 1.57. The molecule has 0 radical (unpaired) electrons. The van der Waals surface area contributed by atoms with Crippen LogP contribution in [0.1, 0.15) is 43.9 Å². The fourth-order valence-corrected chi connectivity index (χ4v) is 4.37. The average Bonchev–Trinajstić information content (AvgIpc) is 3.01. The third kappa shape index (κ3) is 5.57. The van der Waals surface area contributed by atoms with Gasteiger partial charge in [0.2, 0.25) is 0 Å². The van der Waals surface area contributed by atoms with Crippen LogP contribution in [-0.2, 0) is 11.3 Å². The molecule has 2 N–H and O–H groups in total. The lowest BCUT2D eigenvalue weighted by atomic mass is 10.0. The Morgan fingerprint density at radius 3 is 2.46 bits per heavy atom. The number of benzene rings is 3. The second kappa shape index (κ2) is 11.0. The van der Waals surface area contributed by atoms with E-state index in [0.717, 1.165) is 17.5 Å². The summed E-state index contributed by atoms with van der Waals surface area (Å²) in [6, 6.07) is 22.2. The summed E-state index contributed by atoms with van der Waals surface area (Å²) in [6.45, 7) is 4.43. The van der Waals surface area contributed by atoms with Crippen molar-refractivity contribution in [2.45, 2.75) is 45.4 Å². The molecule has 1 aliphatic rings. The van der Waals surface area contributed by atoms with Crippen molar-refractivity contribution in [2.24, 2.45) is 0 Å². The maximum absolute atomic E-state index is 13.4. The van der Waals surface area contributed by atoms with Gasteiger partial charge in [0.1, 0.15) is 11.5 Å². The van der Waals surface area contributed by atoms with Gasteiger partial charge in [-0.05, 0) is 48.7 Å². The van der Waals surface area contributed by atoms with Crippen LogP contribution in [0.25, 0.3) is 0 Å². The number of amides is 3. The summed E-state index contributed by atoms with van der Waals surface area (Å²) < 4.78 is 11.3. The fourth-order valence-electron chi connectivity index (χ4n) is 4.37. The molecule has 0 spiro atoms. The first kappa shape index (κ1) is 24.1. The van der Waals surface area contributed by atoms with Crippen molar-refractivity contribution in [3.63, 3.8) is 0 Å². The second-order valence-corrected chi connectivity index (χ2v) is 8.45. The number of hydrogen-bond donors (Lipinski definition) is 2. The van der Waals surface area contributed by atoms with Crippen molar-refractivity contribution < 1.29 is 19.1 Å². The van der Waals surface area contributed by atoms with Crippen LogP contribution in [-0.4, -0.2) is 30.1 Å². The van der Waals surface area contributed by atoms with Gasteiger partial charge in [-0.2, -0.15) is 0 Å². The SMILES string of the molecule is CC[C@H](c1ccccc1)N1Cc2cc(NC(=O)Nc3cccc(OC)c3)ccc2O[C@H](CC)C1=O. The quantitative estimate of drug-likeness (QED) is 0.442. The van der Waals surface area contributed by atoms with Crippen LogP contribution in [0.3, 0.4) is 0 Å². The number of nitrogens with zero attached hydrogens (tertiary/aromatic N) is 1. The second-order valence-electron chi connectivity index (χ2n) is 8.45. The van der Waals surface area contributed by atoms with Crippen molar-refractivity contribution in [2.75, 3.05) is 17.7 Å². The van der Waals surface area contributed by atoms with E-state index in [-0.39, 0.29) is 18.0 Å². The number of rotatable bonds is 7. The fraction of sp³-hybridized carbons (Fsp3) is 0.286. The molecule has 2 atom stereocenters. The Morgan fingerprint density at radius 1 is 1.03 bits per heavy atom. The van der Waals surface area contributed by atoms with Crippen LogP contribution in [0, 0.1) is 0 Å². The maximum Gasteiger partial charge on any atom is 0.323 e. The van der Waals surface area contributed by atoms with Crippen LogP contribution in [0.5, 0.6) is 11.5 Å². The Labute approximate surface area is 206 Å². The molecule has 4 rings (SSSR count). The highest BCUT2D eigenvalue weighted by molar-refractivity contribution is 6.00. The normalized spacial score (nSPS) is 15.9. The highest BCUT2D eigenvalue weighted by Gasteiger charge is 2.34. The minimum absolute atomic E-state index is 0.0234. The summed E-state index contributed by atoms with van der Waals surface area (Å²) in [5, 5.41) is 5.69. The molecule has 1 aliphatic heterocycles. The molecule has 0 fully saturated rings. The number of fused-ring (bicyclic) bond motifs is 1. The van der Waals surface area contributed by atoms with E-state index >= 15 is 0 Å². The van der Waals surface area contributed by atoms with E-state index < -0.39 is 6.10 Å². The van der Waals surface area contributed by atoms with E-state index in [9.17, 15) is 9.59 Å². The van der Waals surface area contributed by atoms with Crippen LogP contribution in [0.2, 0.25) is 0 Å². The number of ether oxygens (including phenoxy) is 2. The van der Waals surface area contributed by atoms with E-state index in [1.807, 2.05) is 48.2 Å². The monoisotopic (exact) mass is 473 g/mol. The van der Waals surface area contributed by atoms with Gasteiger partial charge in [-0.15, -0.1) is 0 Å². The third-order valence-electron chi connectivity index (χ3n) is 6.13. The molecule has 3 aromatic carbocycles. The molecular formula is C28H31N3O4. The van der Waals surface area contributed by atoms with Crippen LogP contribution in [0.4, 0.5) is 16.2 Å². The van der Waals surface area contributed by atoms with E-state index in [1.54, 1.807) is 31.4 Å².